The highest BCUT2D eigenvalue weighted by Gasteiger charge is 2.93. The van der Waals surface area contributed by atoms with E-state index in [1.54, 1.807) is 24.9 Å². The molecule has 8 fully saturated rings. The van der Waals surface area contributed by atoms with Gasteiger partial charge in [-0.05, 0) is 76.2 Å². The van der Waals surface area contributed by atoms with E-state index < -0.39 is 84.4 Å². The zero-order valence-electron chi connectivity index (χ0n) is 28.5. The van der Waals surface area contributed by atoms with Gasteiger partial charge < -0.3 is 35.2 Å². The number of rotatable bonds is 3. The van der Waals surface area contributed by atoms with Crippen molar-refractivity contribution < 1.29 is 38.2 Å². The second-order valence-electron chi connectivity index (χ2n) is 14.7. The van der Waals surface area contributed by atoms with Crippen molar-refractivity contribution in [2.75, 3.05) is 26.5 Å². The number of piperazine rings is 2. The van der Waals surface area contributed by atoms with E-state index in [-0.39, 0.29) is 17.9 Å². The largest absolute Gasteiger partial charge is 0.441 e. The number of hydrogen-bond acceptors (Lipinski definition) is 12. The van der Waals surface area contributed by atoms with Crippen LogP contribution in [0, 0.1) is 5.82 Å². The summed E-state index contributed by atoms with van der Waals surface area (Å²) in [6.45, 7) is 3.50. The van der Waals surface area contributed by atoms with Crippen molar-refractivity contribution in [1.29, 1.82) is 0 Å². The summed E-state index contributed by atoms with van der Waals surface area (Å²) in [6.07, 6.45) is -4.92. The molecule has 12 rings (SSSR count). The number of fused-ring (bicyclic) bond motifs is 11. The van der Waals surface area contributed by atoms with Crippen molar-refractivity contribution in [2.45, 2.75) is 81.4 Å². The molecule has 9 heterocycles. The number of aliphatic hydroxyl groups excluding tert-OH is 1. The predicted octanol–water partition coefficient (Wildman–Crippen LogP) is 2.40. The molecule has 9 aliphatic heterocycles. The molecule has 8 saturated heterocycles. The van der Waals surface area contributed by atoms with Gasteiger partial charge in [-0.25, -0.2) is 9.18 Å². The quantitative estimate of drug-likeness (QED) is 0.393. The summed E-state index contributed by atoms with van der Waals surface area (Å²) in [7, 11) is 9.13. The Morgan fingerprint density at radius 3 is 2.38 bits per heavy atom. The summed E-state index contributed by atoms with van der Waals surface area (Å²) < 4.78 is 22.4. The number of anilines is 1. The molecule has 1 aliphatic carbocycles. The van der Waals surface area contributed by atoms with Crippen molar-refractivity contribution in [1.82, 2.24) is 24.9 Å². The molecule has 0 unspecified atom stereocenters. The molecule has 0 saturated carbocycles. The molecule has 5 amide bonds. The lowest BCUT2D eigenvalue weighted by molar-refractivity contribution is -0.168. The van der Waals surface area contributed by atoms with Crippen LogP contribution in [0.2, 0.25) is 0 Å². The smallest absolute Gasteiger partial charge is 0.407 e. The molecule has 0 aromatic heterocycles. The summed E-state index contributed by atoms with van der Waals surface area (Å²) >= 11 is 0. The van der Waals surface area contributed by atoms with Gasteiger partial charge in [0.1, 0.15) is 18.1 Å². The minimum Gasteiger partial charge on any atom is -0.441 e. The van der Waals surface area contributed by atoms with Crippen LogP contribution in [0.15, 0.2) is 42.5 Å². The summed E-state index contributed by atoms with van der Waals surface area (Å²) in [5.41, 5.74) is -1.62. The molecule has 18 heteroatoms. The summed E-state index contributed by atoms with van der Waals surface area (Å²) in [4.78, 5) is 73.2. The van der Waals surface area contributed by atoms with E-state index in [4.69, 9.17) is 4.74 Å². The van der Waals surface area contributed by atoms with Crippen LogP contribution in [0.5, 0.6) is 0 Å². The van der Waals surface area contributed by atoms with Gasteiger partial charge in [0.25, 0.3) is 23.6 Å². The molecule has 2 aromatic carbocycles. The van der Waals surface area contributed by atoms with Gasteiger partial charge >= 0.3 is 6.09 Å². The maximum atomic E-state index is 15.9. The van der Waals surface area contributed by atoms with Crippen LogP contribution in [-0.2, 0) is 41.2 Å². The minimum absolute atomic E-state index is 0.197. The fraction of sp³-hybridized carbons (Fsp3) is 0.500. The van der Waals surface area contributed by atoms with Crippen LogP contribution in [0.3, 0.4) is 0 Å². The molecule has 272 valence electrons. The highest BCUT2D eigenvalue weighted by atomic mass is 33.1. The van der Waals surface area contributed by atoms with E-state index >= 15 is 14.0 Å². The number of ether oxygens (including phenoxy) is 1. The molecule has 0 radical (unpaired) electrons. The summed E-state index contributed by atoms with van der Waals surface area (Å²) in [5.74, 6) is -2.40. The third-order valence-electron chi connectivity index (χ3n) is 13.2. The van der Waals surface area contributed by atoms with E-state index in [0.717, 1.165) is 27.2 Å². The number of nitrogens with one attached hydrogen (secondary N) is 2. The molecule has 2 aromatic rings. The molecule has 4 bridgehead atoms. The van der Waals surface area contributed by atoms with Gasteiger partial charge in [-0.3, -0.25) is 24.1 Å². The van der Waals surface area contributed by atoms with Crippen LogP contribution >= 0.6 is 43.2 Å². The van der Waals surface area contributed by atoms with Crippen LogP contribution in [0.1, 0.15) is 37.0 Å². The molecular formula is C34H33FN6O7S4. The number of alkyl carbamates (subject to hydrolysis) is 1. The minimum atomic E-state index is -1.91. The van der Waals surface area contributed by atoms with Crippen molar-refractivity contribution in [3.63, 3.8) is 0 Å². The molecule has 2 spiro atoms. The first-order valence-corrected chi connectivity index (χ1v) is 21.2. The van der Waals surface area contributed by atoms with Gasteiger partial charge in [0.15, 0.2) is 15.8 Å². The normalized spacial score (nSPS) is 42.9. The van der Waals surface area contributed by atoms with E-state index in [2.05, 4.69) is 10.6 Å². The number of hydrogen-bond donors (Lipinski definition) is 3. The monoisotopic (exact) mass is 784 g/mol. The van der Waals surface area contributed by atoms with Crippen molar-refractivity contribution >= 4 is 78.6 Å². The lowest BCUT2D eigenvalue weighted by Crippen LogP contribution is -2.77. The molecule has 52 heavy (non-hydrogen) atoms. The third-order valence-corrected chi connectivity index (χ3v) is 20.7. The molecule has 10 atom stereocenters. The van der Waals surface area contributed by atoms with Gasteiger partial charge in [-0.1, -0.05) is 52.8 Å². The fourth-order valence-electron chi connectivity index (χ4n) is 10.9. The maximum Gasteiger partial charge on any atom is 0.407 e. The average Bonchev–Trinajstić information content (AvgIpc) is 3.79. The third kappa shape index (κ3) is 2.98. The summed E-state index contributed by atoms with van der Waals surface area (Å²) in [5, 5.41) is 19.6. The number of carbonyl (C=O) groups excluding carboxylic acids is 5. The zero-order chi connectivity index (χ0) is 36.7. The topological polar surface area (TPSA) is 152 Å². The van der Waals surface area contributed by atoms with Crippen LogP contribution in [-0.4, -0.2) is 119 Å². The zero-order valence-corrected chi connectivity index (χ0v) is 31.7. The van der Waals surface area contributed by atoms with E-state index in [0.29, 0.717) is 17.7 Å². The SMILES string of the molecule is CC[C@@]12SS[C@]3(C(=O)N1C)[C@@H](O)[C@]1([C@@]45c6cc(F)ccc6N[C@@H]4N4C(=O)[C@]6(C)SS[C@]4(C(=O)N6C)[C@H]5OC(=O)NC)c4ccccc4C[C@@H]1N3C2=O. The average molecular weight is 785 g/mol. The number of aliphatic hydroxyl groups is 1. The Hall–Kier alpha value is -3.32. The first kappa shape index (κ1) is 33.3. The van der Waals surface area contributed by atoms with E-state index in [1.165, 1.54) is 68.6 Å². The lowest BCUT2D eigenvalue weighted by Gasteiger charge is -2.59. The van der Waals surface area contributed by atoms with Gasteiger partial charge in [-0.15, -0.1) is 0 Å². The van der Waals surface area contributed by atoms with Gasteiger partial charge in [0.05, 0.1) is 16.9 Å². The first-order chi connectivity index (χ1) is 24.7. The number of carbonyl (C=O) groups is 5. The number of halogens is 1. The Labute approximate surface area is 313 Å². The lowest BCUT2D eigenvalue weighted by atomic mass is 9.51. The van der Waals surface area contributed by atoms with E-state index in [9.17, 15) is 19.5 Å². The van der Waals surface area contributed by atoms with Gasteiger partial charge in [0, 0.05) is 26.8 Å². The summed E-state index contributed by atoms with van der Waals surface area (Å²) in [6, 6.07) is 10.5. The second kappa shape index (κ2) is 9.85. The first-order valence-electron chi connectivity index (χ1n) is 16.9. The molecule has 10 aliphatic rings. The van der Waals surface area contributed by atoms with Crippen molar-refractivity contribution in [3.8, 4) is 0 Å². The highest BCUT2D eigenvalue weighted by Crippen LogP contribution is 2.79. The Morgan fingerprint density at radius 1 is 0.942 bits per heavy atom. The number of benzene rings is 2. The van der Waals surface area contributed by atoms with Crippen LogP contribution in [0.4, 0.5) is 14.9 Å². The predicted molar refractivity (Wildman–Crippen MR) is 193 cm³/mol. The molecular weight excluding hydrogens is 752 g/mol. The van der Waals surface area contributed by atoms with E-state index in [1.807, 2.05) is 25.1 Å². The van der Waals surface area contributed by atoms with Crippen LogP contribution in [0.25, 0.3) is 0 Å². The number of likely N-dealkylation sites (N-methyl/N-ethyl adjacent to an activating group) is 2. The number of amides is 5. The molecule has 3 N–H and O–H groups in total. The Balaban J connectivity index is 1.38. The second-order valence-corrected chi connectivity index (χ2v) is 20.1. The Bertz CT molecular complexity index is 2120. The van der Waals surface area contributed by atoms with Gasteiger partial charge in [-0.2, -0.15) is 0 Å². The van der Waals surface area contributed by atoms with Crippen LogP contribution < -0.4 is 10.6 Å². The number of nitrogens with zero attached hydrogens (tertiary/aromatic N) is 4. The molecule has 13 nitrogen and oxygen atoms in total. The van der Waals surface area contributed by atoms with Crippen molar-refractivity contribution in [2.24, 2.45) is 0 Å². The maximum absolute atomic E-state index is 15.9. The Morgan fingerprint density at radius 2 is 1.65 bits per heavy atom. The fourth-order valence-corrected chi connectivity index (χ4v) is 18.5. The highest BCUT2D eigenvalue weighted by molar-refractivity contribution is 8.78. The van der Waals surface area contributed by atoms with Crippen molar-refractivity contribution in [3.05, 3.63) is 65.0 Å². The van der Waals surface area contributed by atoms with Gasteiger partial charge in [0.2, 0.25) is 9.74 Å². The standard InChI is InChI=1S/C34H33FN6O7S4/c1-6-30-25(44)40-20-13-15-9-7-8-10-17(15)31(20,21(42)33(40,51-50-30)26(45)39(30)5)32-18-14-16(35)11-12-19(18)37-23(32)41-24(43)29(2)38(4)27(46)34(41,52-49-29)22(32)48-28(47)36-3/h7-12,14,20-23,37,42H,6,13H2,1-5H3,(H,36,47)/t20-,21-,22-,23+,29-,30-,31-,32+,33-,34-/m0/s1. The Kier molecular flexibility index (Phi) is 6.30.